The van der Waals surface area contributed by atoms with E-state index in [9.17, 15) is 22.2 Å². The van der Waals surface area contributed by atoms with Crippen LogP contribution in [0.5, 0.6) is 0 Å². The predicted molar refractivity (Wildman–Crippen MR) is 122 cm³/mol. The van der Waals surface area contributed by atoms with Crippen LogP contribution in [-0.4, -0.2) is 30.2 Å². The van der Waals surface area contributed by atoms with Crippen molar-refractivity contribution < 1.29 is 22.2 Å². The Morgan fingerprint density at radius 2 is 1.97 bits per heavy atom. The van der Waals surface area contributed by atoms with Crippen LogP contribution >= 0.6 is 22.6 Å². The van der Waals surface area contributed by atoms with Crippen LogP contribution in [-0.2, 0) is 26.6 Å². The molecule has 0 aromatic heterocycles. The Balaban J connectivity index is 0.00000141. The number of benzene rings is 2. The first-order chi connectivity index (χ1) is 15.3. The highest BCUT2D eigenvalue weighted by Gasteiger charge is 2.61. The van der Waals surface area contributed by atoms with E-state index in [-0.39, 0.29) is 39.2 Å². The monoisotopic (exact) mass is 502 g/mol. The molecular weight excluding hydrogens is 485 g/mol. The highest BCUT2D eigenvalue weighted by atomic mass is 35.5. The SMILES string of the molecule is C=N/C=N\SS(=O)c1cc(Cl)c(CN2C(=O)C3(CC3)c3c2ccc(F)c3F)cc1F.CN. The lowest BCUT2D eigenvalue weighted by molar-refractivity contribution is -0.120. The number of hydrogen-bond acceptors (Lipinski definition) is 5. The Kier molecular flexibility index (Phi) is 7.43. The molecule has 0 bridgehead atoms. The summed E-state index contributed by atoms with van der Waals surface area (Å²) in [5.41, 5.74) is 3.99. The summed E-state index contributed by atoms with van der Waals surface area (Å²) in [6.07, 6.45) is 1.92. The average Bonchev–Trinajstić information content (AvgIpc) is 3.54. The molecule has 2 aromatic rings. The lowest BCUT2D eigenvalue weighted by atomic mass is 9.97. The van der Waals surface area contributed by atoms with Crippen molar-refractivity contribution in [2.75, 3.05) is 11.9 Å². The molecule has 2 N–H and O–H groups in total. The van der Waals surface area contributed by atoms with E-state index in [1.165, 1.54) is 24.1 Å². The minimum atomic E-state index is -1.87. The predicted octanol–water partition coefficient (Wildman–Crippen LogP) is 4.31. The van der Waals surface area contributed by atoms with Crippen molar-refractivity contribution in [2.45, 2.75) is 29.7 Å². The number of rotatable bonds is 6. The van der Waals surface area contributed by atoms with Crippen LogP contribution in [0, 0.1) is 17.5 Å². The Morgan fingerprint density at radius 3 is 2.59 bits per heavy atom. The number of hydrogen-bond donors (Lipinski definition) is 1. The summed E-state index contributed by atoms with van der Waals surface area (Å²) in [6.45, 7) is 3.05. The number of fused-ring (bicyclic) bond motifs is 2. The minimum absolute atomic E-state index is 0.0481. The molecule has 1 saturated carbocycles. The summed E-state index contributed by atoms with van der Waals surface area (Å²) >= 11 is 6.25. The molecule has 6 nitrogen and oxygen atoms in total. The van der Waals surface area contributed by atoms with Crippen LogP contribution in [0.3, 0.4) is 0 Å². The van der Waals surface area contributed by atoms with Crippen molar-refractivity contribution in [1.82, 2.24) is 0 Å². The van der Waals surface area contributed by atoms with Gasteiger partial charge in [0.15, 0.2) is 11.6 Å². The van der Waals surface area contributed by atoms with E-state index in [1.807, 2.05) is 0 Å². The van der Waals surface area contributed by atoms with Crippen LogP contribution in [0.25, 0.3) is 0 Å². The number of carbonyl (C=O) groups is 1. The summed E-state index contributed by atoms with van der Waals surface area (Å²) in [5.74, 6) is -3.21. The van der Waals surface area contributed by atoms with Crippen molar-refractivity contribution in [2.24, 2.45) is 15.1 Å². The second-order valence-electron chi connectivity index (χ2n) is 6.82. The van der Waals surface area contributed by atoms with Crippen LogP contribution < -0.4 is 10.6 Å². The van der Waals surface area contributed by atoms with Gasteiger partial charge in [0.2, 0.25) is 5.91 Å². The van der Waals surface area contributed by atoms with Crippen molar-refractivity contribution >= 4 is 57.1 Å². The first-order valence-corrected chi connectivity index (χ1v) is 12.0. The molecular formula is C20H18ClF3N4O2S2. The summed E-state index contributed by atoms with van der Waals surface area (Å²) in [6, 6.07) is 4.58. The van der Waals surface area contributed by atoms with Gasteiger partial charge in [0, 0.05) is 10.6 Å². The first-order valence-electron chi connectivity index (χ1n) is 9.23. The van der Waals surface area contributed by atoms with Crippen LogP contribution in [0.15, 0.2) is 38.6 Å². The van der Waals surface area contributed by atoms with Gasteiger partial charge in [-0.1, -0.05) is 11.6 Å². The Hall–Kier alpha value is -2.21. The van der Waals surface area contributed by atoms with Crippen molar-refractivity contribution in [3.8, 4) is 0 Å². The van der Waals surface area contributed by atoms with E-state index in [0.717, 1.165) is 18.5 Å². The Morgan fingerprint density at radius 1 is 1.28 bits per heavy atom. The maximum absolute atomic E-state index is 14.6. The van der Waals surface area contributed by atoms with Gasteiger partial charge < -0.3 is 10.6 Å². The Bertz CT molecular complexity index is 1140. The molecule has 2 aromatic carbocycles. The molecule has 1 amide bonds. The molecule has 1 unspecified atom stereocenters. The Labute approximate surface area is 193 Å². The molecule has 0 radical (unpaired) electrons. The van der Waals surface area contributed by atoms with Gasteiger partial charge in [0.25, 0.3) is 0 Å². The zero-order valence-corrected chi connectivity index (χ0v) is 19.2. The van der Waals surface area contributed by atoms with Gasteiger partial charge in [-0.25, -0.2) is 17.4 Å². The van der Waals surface area contributed by atoms with Gasteiger partial charge >= 0.3 is 0 Å². The number of nitrogens with zero attached hydrogens (tertiary/aromatic N) is 3. The van der Waals surface area contributed by atoms with Gasteiger partial charge in [0.05, 0.1) is 33.5 Å². The smallest absolute Gasteiger partial charge is 0.238 e. The van der Waals surface area contributed by atoms with Gasteiger partial charge in [-0.05, 0) is 56.4 Å². The largest absolute Gasteiger partial charge is 0.333 e. The molecule has 170 valence electrons. The highest BCUT2D eigenvalue weighted by Crippen LogP contribution is 2.58. The summed E-state index contributed by atoms with van der Waals surface area (Å²) in [7, 11) is 0.215. The maximum Gasteiger partial charge on any atom is 0.238 e. The minimum Gasteiger partial charge on any atom is -0.333 e. The molecule has 4 rings (SSSR count). The summed E-state index contributed by atoms with van der Waals surface area (Å²) in [5, 5.41) is 0.0832. The van der Waals surface area contributed by atoms with E-state index in [0.29, 0.717) is 23.8 Å². The molecule has 0 saturated heterocycles. The number of aliphatic imine (C=N–C) groups is 1. The molecule has 1 spiro atoms. The maximum atomic E-state index is 14.6. The summed E-state index contributed by atoms with van der Waals surface area (Å²) < 4.78 is 58.6. The van der Waals surface area contributed by atoms with E-state index >= 15 is 0 Å². The van der Waals surface area contributed by atoms with Gasteiger partial charge in [-0.2, -0.15) is 4.40 Å². The van der Waals surface area contributed by atoms with Crippen molar-refractivity contribution in [3.63, 3.8) is 0 Å². The zero-order valence-electron chi connectivity index (χ0n) is 16.8. The van der Waals surface area contributed by atoms with E-state index in [2.05, 4.69) is 21.8 Å². The molecule has 2 aliphatic rings. The highest BCUT2D eigenvalue weighted by molar-refractivity contribution is 8.68. The van der Waals surface area contributed by atoms with Crippen LogP contribution in [0.2, 0.25) is 5.02 Å². The topological polar surface area (TPSA) is 88.1 Å². The van der Waals surface area contributed by atoms with E-state index in [1.54, 1.807) is 0 Å². The molecule has 1 heterocycles. The third-order valence-corrected chi connectivity index (χ3v) is 7.64. The standard InChI is InChI=1S/C19H13ClF3N3O2S2.CH5N/c1-24-9-25-29-30(28)15-7-11(20)10(6-13(15)22)8-26-14-3-2-12(21)17(23)16(14)19(4-5-19)18(26)27;1-2/h2-3,6-7,9H,1,4-5,8H2;2H2,1H3/b25-9-;. The second-order valence-corrected chi connectivity index (χ2v) is 9.85. The molecule has 1 fully saturated rings. The van der Waals surface area contributed by atoms with Crippen molar-refractivity contribution in [3.05, 3.63) is 57.9 Å². The molecule has 12 heteroatoms. The molecule has 1 atom stereocenters. The lowest BCUT2D eigenvalue weighted by Crippen LogP contribution is -2.31. The van der Waals surface area contributed by atoms with Crippen LogP contribution in [0.1, 0.15) is 24.0 Å². The van der Waals surface area contributed by atoms with Gasteiger partial charge in [-0.15, -0.1) is 0 Å². The molecule has 32 heavy (non-hydrogen) atoms. The number of nitrogens with two attached hydrogens (primary N) is 1. The lowest BCUT2D eigenvalue weighted by Gasteiger charge is -2.19. The fourth-order valence-corrected chi connectivity index (χ4v) is 5.52. The number of amides is 1. The average molecular weight is 503 g/mol. The van der Waals surface area contributed by atoms with Crippen molar-refractivity contribution in [1.29, 1.82) is 0 Å². The number of halogens is 4. The second kappa shape index (κ2) is 9.74. The molecule has 1 aliphatic heterocycles. The number of carbonyl (C=O) groups excluding carboxylic acids is 1. The van der Waals surface area contributed by atoms with Gasteiger partial charge in [-0.3, -0.25) is 9.79 Å². The third-order valence-electron chi connectivity index (χ3n) is 5.10. The van der Waals surface area contributed by atoms with Gasteiger partial charge in [0.1, 0.15) is 22.0 Å². The first kappa shape index (κ1) is 24.4. The third kappa shape index (κ3) is 4.21. The van der Waals surface area contributed by atoms with Crippen LogP contribution in [0.4, 0.5) is 18.9 Å². The number of anilines is 1. The van der Waals surface area contributed by atoms with E-state index in [4.69, 9.17) is 11.6 Å². The fourth-order valence-electron chi connectivity index (χ4n) is 3.56. The molecule has 1 aliphatic carbocycles. The fraction of sp³-hybridized carbons (Fsp3) is 0.250. The van der Waals surface area contributed by atoms with E-state index < -0.39 is 32.7 Å². The normalized spacial score (nSPS) is 16.7. The zero-order chi connectivity index (χ0) is 23.6. The quantitative estimate of drug-likeness (QED) is 0.276. The summed E-state index contributed by atoms with van der Waals surface area (Å²) in [4.78, 5) is 17.4.